The minimum Gasteiger partial charge on any atom is -0.357 e. The minimum atomic E-state index is -4.02. The molecule has 0 saturated carbocycles. The SMILES string of the molecule is NS(=O)(=O)c1cc(NC(=O)Cc2ccccc2Cl)cc2cnc(N3CCCCC3)cc12. The van der Waals surface area contributed by atoms with Crippen LogP contribution in [-0.4, -0.2) is 32.4 Å². The number of fused-ring (bicyclic) bond motifs is 1. The van der Waals surface area contributed by atoms with Crippen LogP contribution in [0.25, 0.3) is 10.8 Å². The van der Waals surface area contributed by atoms with Gasteiger partial charge in [0.2, 0.25) is 15.9 Å². The van der Waals surface area contributed by atoms with Crippen LogP contribution in [0.15, 0.2) is 53.6 Å². The highest BCUT2D eigenvalue weighted by Crippen LogP contribution is 2.30. The van der Waals surface area contributed by atoms with Crippen LogP contribution in [-0.2, 0) is 21.2 Å². The summed E-state index contributed by atoms with van der Waals surface area (Å²) in [7, 11) is -4.02. The number of benzene rings is 2. The third kappa shape index (κ3) is 4.98. The summed E-state index contributed by atoms with van der Waals surface area (Å²) >= 11 is 6.13. The molecule has 0 atom stereocenters. The second-order valence-corrected chi connectivity index (χ2v) is 9.58. The highest BCUT2D eigenvalue weighted by molar-refractivity contribution is 7.89. The number of primary sulfonamides is 1. The Morgan fingerprint density at radius 2 is 1.87 bits per heavy atom. The lowest BCUT2D eigenvalue weighted by molar-refractivity contribution is -0.115. The number of pyridine rings is 1. The van der Waals surface area contributed by atoms with Gasteiger partial charge >= 0.3 is 0 Å². The van der Waals surface area contributed by atoms with E-state index < -0.39 is 10.0 Å². The fraction of sp³-hybridized carbons (Fsp3) is 0.273. The number of rotatable bonds is 5. The van der Waals surface area contributed by atoms with E-state index in [4.69, 9.17) is 16.7 Å². The number of nitrogens with one attached hydrogen (secondary N) is 1. The zero-order valence-electron chi connectivity index (χ0n) is 16.8. The van der Waals surface area contributed by atoms with E-state index in [0.717, 1.165) is 31.7 Å². The average molecular weight is 459 g/mol. The Morgan fingerprint density at radius 3 is 2.58 bits per heavy atom. The highest BCUT2D eigenvalue weighted by Gasteiger charge is 2.19. The number of anilines is 2. The van der Waals surface area contributed by atoms with Gasteiger partial charge in [-0.15, -0.1) is 0 Å². The molecular formula is C22H23ClN4O3S. The molecule has 0 aliphatic carbocycles. The van der Waals surface area contributed by atoms with E-state index in [9.17, 15) is 13.2 Å². The van der Waals surface area contributed by atoms with Crippen LogP contribution in [0.2, 0.25) is 5.02 Å². The molecule has 7 nitrogen and oxygen atoms in total. The van der Waals surface area contributed by atoms with Gasteiger partial charge in [-0.05, 0) is 49.1 Å². The normalized spacial score (nSPS) is 14.6. The molecule has 4 rings (SSSR count). The lowest BCUT2D eigenvalue weighted by atomic mass is 10.1. The smallest absolute Gasteiger partial charge is 0.238 e. The van der Waals surface area contributed by atoms with Crippen LogP contribution in [0.1, 0.15) is 24.8 Å². The highest BCUT2D eigenvalue weighted by atomic mass is 35.5. The van der Waals surface area contributed by atoms with Gasteiger partial charge in [-0.3, -0.25) is 4.79 Å². The Bertz CT molecular complexity index is 1240. The Labute approximate surface area is 186 Å². The number of hydrogen-bond donors (Lipinski definition) is 2. The van der Waals surface area contributed by atoms with E-state index in [1.165, 1.54) is 12.5 Å². The third-order valence-electron chi connectivity index (χ3n) is 5.36. The first-order valence-electron chi connectivity index (χ1n) is 10.1. The molecule has 0 radical (unpaired) electrons. The minimum absolute atomic E-state index is 0.0429. The third-order valence-corrected chi connectivity index (χ3v) is 6.68. The van der Waals surface area contributed by atoms with Gasteiger partial charge in [0.1, 0.15) is 5.82 Å². The summed E-state index contributed by atoms with van der Waals surface area (Å²) in [5.74, 6) is 0.415. The number of carbonyl (C=O) groups excluding carboxylic acids is 1. The van der Waals surface area contributed by atoms with Crippen molar-refractivity contribution in [3.8, 4) is 0 Å². The molecule has 0 spiro atoms. The lowest BCUT2D eigenvalue weighted by Crippen LogP contribution is -2.30. The number of nitrogens with two attached hydrogens (primary N) is 1. The van der Waals surface area contributed by atoms with E-state index in [1.54, 1.807) is 42.6 Å². The summed E-state index contributed by atoms with van der Waals surface area (Å²) in [6.45, 7) is 1.78. The zero-order valence-corrected chi connectivity index (χ0v) is 18.4. The van der Waals surface area contributed by atoms with E-state index in [2.05, 4.69) is 15.2 Å². The van der Waals surface area contributed by atoms with Crippen molar-refractivity contribution in [1.82, 2.24) is 4.98 Å². The molecule has 2 heterocycles. The van der Waals surface area contributed by atoms with Crippen LogP contribution in [0.3, 0.4) is 0 Å². The number of halogens is 1. The fourth-order valence-electron chi connectivity index (χ4n) is 3.83. The summed E-state index contributed by atoms with van der Waals surface area (Å²) in [5.41, 5.74) is 1.02. The standard InChI is InChI=1S/C22H23ClN4O3S/c23-19-7-3-2-6-15(19)11-22(28)26-17-10-16-14-25-21(27-8-4-1-5-9-27)13-18(16)20(12-17)31(24,29)30/h2-3,6-7,10,12-14H,1,4-5,8-9,11H2,(H,26,28)(H2,24,29,30). The van der Waals surface area contributed by atoms with Crippen molar-refractivity contribution >= 4 is 49.8 Å². The first-order chi connectivity index (χ1) is 14.8. The monoisotopic (exact) mass is 458 g/mol. The predicted octanol–water partition coefficient (Wildman–Crippen LogP) is 3.71. The number of hydrogen-bond acceptors (Lipinski definition) is 5. The van der Waals surface area contributed by atoms with Crippen LogP contribution in [0.4, 0.5) is 11.5 Å². The van der Waals surface area contributed by atoms with Crippen LogP contribution < -0.4 is 15.4 Å². The summed E-state index contributed by atoms with van der Waals surface area (Å²) < 4.78 is 24.6. The van der Waals surface area contributed by atoms with Gasteiger partial charge in [0.15, 0.2) is 0 Å². The Hall–Kier alpha value is -2.68. The molecule has 3 aromatic rings. The molecule has 1 aliphatic heterocycles. The molecule has 31 heavy (non-hydrogen) atoms. The maximum Gasteiger partial charge on any atom is 0.238 e. The maximum atomic E-state index is 12.5. The molecule has 0 unspecified atom stereocenters. The number of sulfonamides is 1. The van der Waals surface area contributed by atoms with E-state index in [0.29, 0.717) is 27.0 Å². The quantitative estimate of drug-likeness (QED) is 0.606. The maximum absolute atomic E-state index is 12.5. The molecule has 1 amide bonds. The van der Waals surface area contributed by atoms with Crippen molar-refractivity contribution in [3.63, 3.8) is 0 Å². The molecule has 1 fully saturated rings. The van der Waals surface area contributed by atoms with Crippen molar-refractivity contribution in [3.05, 3.63) is 59.2 Å². The molecular weight excluding hydrogens is 436 g/mol. The van der Waals surface area contributed by atoms with E-state index >= 15 is 0 Å². The predicted molar refractivity (Wildman–Crippen MR) is 123 cm³/mol. The molecule has 1 saturated heterocycles. The fourth-order valence-corrected chi connectivity index (χ4v) is 4.81. The number of piperidine rings is 1. The van der Waals surface area contributed by atoms with Crippen LogP contribution >= 0.6 is 11.6 Å². The Kier molecular flexibility index (Phi) is 6.13. The molecule has 1 aliphatic rings. The summed E-state index contributed by atoms with van der Waals surface area (Å²) in [6.07, 6.45) is 5.03. The van der Waals surface area contributed by atoms with Crippen molar-refractivity contribution in [2.24, 2.45) is 5.14 Å². The average Bonchev–Trinajstić information content (AvgIpc) is 2.74. The van der Waals surface area contributed by atoms with Crippen molar-refractivity contribution in [2.45, 2.75) is 30.6 Å². The number of carbonyl (C=O) groups is 1. The van der Waals surface area contributed by atoms with Gasteiger partial charge in [-0.25, -0.2) is 18.5 Å². The summed E-state index contributed by atoms with van der Waals surface area (Å²) in [5, 5.41) is 9.81. The first kappa shape index (κ1) is 21.5. The second kappa shape index (κ2) is 8.82. The van der Waals surface area contributed by atoms with Gasteiger partial charge in [-0.2, -0.15) is 0 Å². The number of amides is 1. The first-order valence-corrected chi connectivity index (χ1v) is 12.0. The summed E-state index contributed by atoms with van der Waals surface area (Å²) in [6, 6.07) is 11.9. The molecule has 3 N–H and O–H groups in total. The second-order valence-electron chi connectivity index (χ2n) is 7.65. The van der Waals surface area contributed by atoms with Crippen molar-refractivity contribution in [2.75, 3.05) is 23.3 Å². The van der Waals surface area contributed by atoms with Crippen LogP contribution in [0, 0.1) is 0 Å². The Balaban J connectivity index is 1.67. The molecule has 2 aromatic carbocycles. The molecule has 1 aromatic heterocycles. The molecule has 162 valence electrons. The van der Waals surface area contributed by atoms with Gasteiger partial charge in [0, 0.05) is 40.8 Å². The zero-order chi connectivity index (χ0) is 22.0. The van der Waals surface area contributed by atoms with Gasteiger partial charge < -0.3 is 10.2 Å². The summed E-state index contributed by atoms with van der Waals surface area (Å²) in [4.78, 5) is 19.1. The number of nitrogens with zero attached hydrogens (tertiary/aromatic N) is 2. The van der Waals surface area contributed by atoms with Crippen LogP contribution in [0.5, 0.6) is 0 Å². The van der Waals surface area contributed by atoms with E-state index in [-0.39, 0.29) is 17.2 Å². The molecule has 0 bridgehead atoms. The number of aromatic nitrogens is 1. The van der Waals surface area contributed by atoms with E-state index in [1.807, 2.05) is 0 Å². The van der Waals surface area contributed by atoms with Crippen molar-refractivity contribution < 1.29 is 13.2 Å². The van der Waals surface area contributed by atoms with Gasteiger partial charge in [-0.1, -0.05) is 29.8 Å². The van der Waals surface area contributed by atoms with Gasteiger partial charge in [0.05, 0.1) is 11.3 Å². The lowest BCUT2D eigenvalue weighted by Gasteiger charge is -2.28. The Morgan fingerprint density at radius 1 is 1.13 bits per heavy atom. The largest absolute Gasteiger partial charge is 0.357 e. The topological polar surface area (TPSA) is 105 Å². The van der Waals surface area contributed by atoms with Gasteiger partial charge in [0.25, 0.3) is 0 Å². The molecule has 9 heteroatoms. The van der Waals surface area contributed by atoms with Crippen molar-refractivity contribution in [1.29, 1.82) is 0 Å².